The van der Waals surface area contributed by atoms with E-state index < -0.39 is 0 Å². The van der Waals surface area contributed by atoms with Gasteiger partial charge in [0.1, 0.15) is 11.5 Å². The summed E-state index contributed by atoms with van der Waals surface area (Å²) in [5, 5.41) is 3.43. The van der Waals surface area contributed by atoms with E-state index in [9.17, 15) is 0 Å². The standard InChI is InChI=1S/C16H28N2O/c1-12(2)5-6-15(18-9-7-17-8-10-18)16-11-13(3)14(4)19-16/h11-12,15,17H,5-10H2,1-4H3/t15-/m0/s1. The van der Waals surface area contributed by atoms with Crippen LogP contribution >= 0.6 is 0 Å². The molecule has 2 rings (SSSR count). The Kier molecular flexibility index (Phi) is 5.06. The van der Waals surface area contributed by atoms with Crippen LogP contribution in [0.4, 0.5) is 0 Å². The Bertz CT molecular complexity index is 372. The summed E-state index contributed by atoms with van der Waals surface area (Å²) in [6.45, 7) is 13.2. The van der Waals surface area contributed by atoms with Crippen LogP contribution in [0.15, 0.2) is 10.5 Å². The minimum Gasteiger partial charge on any atom is -0.464 e. The molecule has 1 aliphatic heterocycles. The summed E-state index contributed by atoms with van der Waals surface area (Å²) in [5.41, 5.74) is 1.28. The van der Waals surface area contributed by atoms with Crippen LogP contribution in [-0.4, -0.2) is 31.1 Å². The first-order valence-corrected chi connectivity index (χ1v) is 7.59. The van der Waals surface area contributed by atoms with Gasteiger partial charge < -0.3 is 9.73 Å². The summed E-state index contributed by atoms with van der Waals surface area (Å²) >= 11 is 0. The number of aryl methyl sites for hydroxylation is 2. The number of piperazine rings is 1. The van der Waals surface area contributed by atoms with Crippen molar-refractivity contribution in [1.29, 1.82) is 0 Å². The third kappa shape index (κ3) is 3.83. The number of hydrogen-bond acceptors (Lipinski definition) is 3. The van der Waals surface area contributed by atoms with Crippen molar-refractivity contribution in [1.82, 2.24) is 10.2 Å². The van der Waals surface area contributed by atoms with E-state index in [1.165, 1.54) is 18.4 Å². The topological polar surface area (TPSA) is 28.4 Å². The molecule has 1 fully saturated rings. The molecule has 0 aliphatic carbocycles. The fourth-order valence-corrected chi connectivity index (χ4v) is 2.76. The van der Waals surface area contributed by atoms with Gasteiger partial charge in [0.05, 0.1) is 6.04 Å². The maximum atomic E-state index is 6.00. The van der Waals surface area contributed by atoms with E-state index in [2.05, 4.69) is 44.0 Å². The fourth-order valence-electron chi connectivity index (χ4n) is 2.76. The van der Waals surface area contributed by atoms with Crippen LogP contribution in [0.25, 0.3) is 0 Å². The second-order valence-corrected chi connectivity index (χ2v) is 6.16. The second kappa shape index (κ2) is 6.58. The van der Waals surface area contributed by atoms with Crippen molar-refractivity contribution in [2.24, 2.45) is 5.92 Å². The monoisotopic (exact) mass is 264 g/mol. The highest BCUT2D eigenvalue weighted by Gasteiger charge is 2.25. The molecule has 0 spiro atoms. The Hall–Kier alpha value is -0.800. The number of hydrogen-bond donors (Lipinski definition) is 1. The molecule has 1 saturated heterocycles. The van der Waals surface area contributed by atoms with Crippen LogP contribution < -0.4 is 5.32 Å². The summed E-state index contributed by atoms with van der Waals surface area (Å²) in [5.74, 6) is 2.99. The maximum absolute atomic E-state index is 6.00. The first kappa shape index (κ1) is 14.6. The third-order valence-electron chi connectivity index (χ3n) is 4.12. The molecule has 1 atom stereocenters. The van der Waals surface area contributed by atoms with Crippen LogP contribution in [0.3, 0.4) is 0 Å². The van der Waals surface area contributed by atoms with E-state index in [1.807, 2.05) is 0 Å². The van der Waals surface area contributed by atoms with E-state index in [4.69, 9.17) is 4.42 Å². The van der Waals surface area contributed by atoms with Crippen molar-refractivity contribution in [3.8, 4) is 0 Å². The molecule has 0 radical (unpaired) electrons. The number of nitrogens with one attached hydrogen (secondary N) is 1. The van der Waals surface area contributed by atoms with Gasteiger partial charge in [-0.3, -0.25) is 4.90 Å². The minimum atomic E-state index is 0.455. The van der Waals surface area contributed by atoms with Gasteiger partial charge in [-0.15, -0.1) is 0 Å². The summed E-state index contributed by atoms with van der Waals surface area (Å²) in [4.78, 5) is 2.58. The molecular weight excluding hydrogens is 236 g/mol. The van der Waals surface area contributed by atoms with Gasteiger partial charge in [0.25, 0.3) is 0 Å². The second-order valence-electron chi connectivity index (χ2n) is 6.16. The highest BCUT2D eigenvalue weighted by molar-refractivity contribution is 5.21. The van der Waals surface area contributed by atoms with Crippen molar-refractivity contribution in [2.45, 2.75) is 46.6 Å². The molecule has 1 N–H and O–H groups in total. The molecule has 1 aromatic heterocycles. The molecule has 2 heterocycles. The van der Waals surface area contributed by atoms with Crippen molar-refractivity contribution >= 4 is 0 Å². The van der Waals surface area contributed by atoms with E-state index in [0.717, 1.165) is 43.6 Å². The average Bonchev–Trinajstić information content (AvgIpc) is 2.70. The summed E-state index contributed by atoms with van der Waals surface area (Å²) < 4.78 is 6.00. The lowest BCUT2D eigenvalue weighted by Crippen LogP contribution is -2.45. The molecule has 1 aromatic rings. The Morgan fingerprint density at radius 2 is 1.89 bits per heavy atom. The predicted molar refractivity (Wildman–Crippen MR) is 79.4 cm³/mol. The van der Waals surface area contributed by atoms with Gasteiger partial charge in [0.2, 0.25) is 0 Å². The quantitative estimate of drug-likeness (QED) is 0.884. The van der Waals surface area contributed by atoms with Crippen molar-refractivity contribution in [2.75, 3.05) is 26.2 Å². The zero-order valence-electron chi connectivity index (χ0n) is 12.8. The van der Waals surface area contributed by atoms with E-state index in [0.29, 0.717) is 6.04 Å². The summed E-state index contributed by atoms with van der Waals surface area (Å²) in [6.07, 6.45) is 2.46. The van der Waals surface area contributed by atoms with E-state index in [-0.39, 0.29) is 0 Å². The van der Waals surface area contributed by atoms with Crippen molar-refractivity contribution in [3.63, 3.8) is 0 Å². The molecular formula is C16H28N2O. The molecule has 108 valence electrons. The lowest BCUT2D eigenvalue weighted by atomic mass is 9.99. The Balaban J connectivity index is 2.12. The molecule has 0 amide bonds. The van der Waals surface area contributed by atoms with E-state index in [1.54, 1.807) is 0 Å². The number of furan rings is 1. The van der Waals surface area contributed by atoms with Crippen LogP contribution in [-0.2, 0) is 0 Å². The number of nitrogens with zero attached hydrogens (tertiary/aromatic N) is 1. The molecule has 0 unspecified atom stereocenters. The normalized spacial score (nSPS) is 19.0. The molecule has 1 aliphatic rings. The van der Waals surface area contributed by atoms with Crippen LogP contribution in [0.5, 0.6) is 0 Å². The smallest absolute Gasteiger partial charge is 0.121 e. The fraction of sp³-hybridized carbons (Fsp3) is 0.750. The molecule has 0 aromatic carbocycles. The molecule has 19 heavy (non-hydrogen) atoms. The highest BCUT2D eigenvalue weighted by atomic mass is 16.3. The molecule has 3 nitrogen and oxygen atoms in total. The van der Waals surface area contributed by atoms with E-state index >= 15 is 0 Å². The summed E-state index contributed by atoms with van der Waals surface area (Å²) in [7, 11) is 0. The molecule has 0 saturated carbocycles. The Morgan fingerprint density at radius 3 is 2.42 bits per heavy atom. The highest BCUT2D eigenvalue weighted by Crippen LogP contribution is 2.30. The lowest BCUT2D eigenvalue weighted by molar-refractivity contribution is 0.140. The van der Waals surface area contributed by atoms with Gasteiger partial charge in [-0.05, 0) is 44.2 Å². The van der Waals surface area contributed by atoms with Gasteiger partial charge in [-0.25, -0.2) is 0 Å². The predicted octanol–water partition coefficient (Wildman–Crippen LogP) is 3.28. The first-order valence-electron chi connectivity index (χ1n) is 7.59. The van der Waals surface area contributed by atoms with Gasteiger partial charge in [0.15, 0.2) is 0 Å². The lowest BCUT2D eigenvalue weighted by Gasteiger charge is -2.34. The van der Waals surface area contributed by atoms with Crippen molar-refractivity contribution in [3.05, 3.63) is 23.2 Å². The minimum absolute atomic E-state index is 0.455. The third-order valence-corrected chi connectivity index (χ3v) is 4.12. The van der Waals surface area contributed by atoms with Gasteiger partial charge in [-0.1, -0.05) is 13.8 Å². The Labute approximate surface area is 117 Å². The average molecular weight is 264 g/mol. The van der Waals surface area contributed by atoms with Crippen molar-refractivity contribution < 1.29 is 4.42 Å². The maximum Gasteiger partial charge on any atom is 0.121 e. The zero-order valence-corrected chi connectivity index (χ0v) is 12.8. The van der Waals surface area contributed by atoms with Crippen LogP contribution in [0.1, 0.15) is 49.8 Å². The van der Waals surface area contributed by atoms with Gasteiger partial charge in [0, 0.05) is 26.2 Å². The molecule has 3 heteroatoms. The largest absolute Gasteiger partial charge is 0.464 e. The summed E-state index contributed by atoms with van der Waals surface area (Å²) in [6, 6.07) is 2.69. The SMILES string of the molecule is Cc1cc([C@H](CCC(C)C)N2CCNCC2)oc1C. The van der Waals surface area contributed by atoms with Crippen LogP contribution in [0.2, 0.25) is 0 Å². The number of rotatable bonds is 5. The molecule has 0 bridgehead atoms. The Morgan fingerprint density at radius 1 is 1.21 bits per heavy atom. The van der Waals surface area contributed by atoms with Crippen LogP contribution in [0, 0.1) is 19.8 Å². The van der Waals surface area contributed by atoms with Gasteiger partial charge >= 0.3 is 0 Å². The van der Waals surface area contributed by atoms with Gasteiger partial charge in [-0.2, -0.15) is 0 Å². The first-order chi connectivity index (χ1) is 9.08. The zero-order chi connectivity index (χ0) is 13.8.